The standard InChI is InChI=1S/C5H9NO2S/c7-9(8)4-5(1-2-5)3-6-9/h6H,1-4H2. The molecule has 0 atom stereocenters. The number of hydrogen-bond donors (Lipinski definition) is 1. The van der Waals surface area contributed by atoms with Gasteiger partial charge in [0.15, 0.2) is 0 Å². The van der Waals surface area contributed by atoms with E-state index in [0.29, 0.717) is 12.3 Å². The highest BCUT2D eigenvalue weighted by Gasteiger charge is 2.50. The van der Waals surface area contributed by atoms with Crippen LogP contribution in [-0.4, -0.2) is 20.7 Å². The normalized spacial score (nSPS) is 35.1. The van der Waals surface area contributed by atoms with E-state index in [-0.39, 0.29) is 5.41 Å². The zero-order valence-corrected chi connectivity index (χ0v) is 5.87. The third-order valence-electron chi connectivity index (χ3n) is 2.12. The molecule has 1 aliphatic heterocycles. The van der Waals surface area contributed by atoms with Gasteiger partial charge in [-0.2, -0.15) is 0 Å². The van der Waals surface area contributed by atoms with Gasteiger partial charge in [-0.15, -0.1) is 0 Å². The second kappa shape index (κ2) is 1.32. The SMILES string of the molecule is O=S1(=O)CC2(CC2)CN1. The largest absolute Gasteiger partial charge is 0.215 e. The monoisotopic (exact) mass is 147 g/mol. The van der Waals surface area contributed by atoms with Gasteiger partial charge < -0.3 is 0 Å². The lowest BCUT2D eigenvalue weighted by Crippen LogP contribution is -2.15. The Balaban J connectivity index is 2.27. The van der Waals surface area contributed by atoms with E-state index in [1.165, 1.54) is 0 Å². The Morgan fingerprint density at radius 2 is 2.00 bits per heavy atom. The first-order chi connectivity index (χ1) is 4.12. The van der Waals surface area contributed by atoms with Crippen LogP contribution < -0.4 is 4.72 Å². The van der Waals surface area contributed by atoms with Crippen LogP contribution in [0.1, 0.15) is 12.8 Å². The smallest absolute Gasteiger partial charge is 0.212 e. The number of nitrogens with one attached hydrogen (secondary N) is 1. The Hall–Kier alpha value is -0.0900. The predicted octanol–water partition coefficient (Wildman–Crippen LogP) is -0.300. The second-order valence-electron chi connectivity index (χ2n) is 3.08. The van der Waals surface area contributed by atoms with E-state index >= 15 is 0 Å². The summed E-state index contributed by atoms with van der Waals surface area (Å²) in [5, 5.41) is 0. The van der Waals surface area contributed by atoms with E-state index in [1.807, 2.05) is 0 Å². The molecule has 1 saturated heterocycles. The molecule has 0 aromatic carbocycles. The molecule has 0 radical (unpaired) electrons. The van der Waals surface area contributed by atoms with Crippen molar-refractivity contribution in [1.29, 1.82) is 0 Å². The molecule has 0 unspecified atom stereocenters. The summed E-state index contributed by atoms with van der Waals surface area (Å²) in [4.78, 5) is 0. The Morgan fingerprint density at radius 3 is 2.22 bits per heavy atom. The minimum absolute atomic E-state index is 0.179. The summed E-state index contributed by atoms with van der Waals surface area (Å²) in [5.74, 6) is 0.375. The minimum Gasteiger partial charge on any atom is -0.215 e. The lowest BCUT2D eigenvalue weighted by atomic mass is 10.1. The molecule has 1 N–H and O–H groups in total. The predicted molar refractivity (Wildman–Crippen MR) is 33.5 cm³/mol. The van der Waals surface area contributed by atoms with Gasteiger partial charge in [0.2, 0.25) is 10.0 Å². The Morgan fingerprint density at radius 1 is 1.33 bits per heavy atom. The summed E-state index contributed by atoms with van der Waals surface area (Å²) < 4.78 is 24.1. The maximum absolute atomic E-state index is 10.8. The molecule has 0 aromatic rings. The zero-order valence-electron chi connectivity index (χ0n) is 5.05. The van der Waals surface area contributed by atoms with Gasteiger partial charge in [-0.25, -0.2) is 13.1 Å². The first-order valence-corrected chi connectivity index (χ1v) is 4.75. The molecule has 1 aliphatic carbocycles. The number of rotatable bonds is 0. The Kier molecular flexibility index (Phi) is 0.833. The van der Waals surface area contributed by atoms with Gasteiger partial charge in [0, 0.05) is 6.54 Å². The minimum atomic E-state index is -2.84. The van der Waals surface area contributed by atoms with Crippen molar-refractivity contribution in [3.63, 3.8) is 0 Å². The molecule has 1 spiro atoms. The molecule has 0 aromatic heterocycles. The first-order valence-electron chi connectivity index (χ1n) is 3.09. The van der Waals surface area contributed by atoms with Crippen LogP contribution in [-0.2, 0) is 10.0 Å². The molecule has 9 heavy (non-hydrogen) atoms. The maximum atomic E-state index is 10.8. The van der Waals surface area contributed by atoms with Crippen LogP contribution in [0.25, 0.3) is 0 Å². The van der Waals surface area contributed by atoms with Crippen LogP contribution >= 0.6 is 0 Å². The highest BCUT2D eigenvalue weighted by Crippen LogP contribution is 2.48. The fourth-order valence-corrected chi connectivity index (χ4v) is 3.09. The molecule has 52 valence electrons. The van der Waals surface area contributed by atoms with Crippen LogP contribution in [0.4, 0.5) is 0 Å². The highest BCUT2D eigenvalue weighted by atomic mass is 32.2. The van der Waals surface area contributed by atoms with Crippen molar-refractivity contribution in [2.75, 3.05) is 12.3 Å². The Labute approximate surface area is 54.5 Å². The van der Waals surface area contributed by atoms with Crippen molar-refractivity contribution in [3.05, 3.63) is 0 Å². The summed E-state index contributed by atoms with van der Waals surface area (Å²) in [6, 6.07) is 0. The van der Waals surface area contributed by atoms with Gasteiger partial charge in [-0.1, -0.05) is 0 Å². The second-order valence-corrected chi connectivity index (χ2v) is 4.89. The van der Waals surface area contributed by atoms with E-state index < -0.39 is 10.0 Å². The molecule has 0 bridgehead atoms. The summed E-state index contributed by atoms with van der Waals surface area (Å²) >= 11 is 0. The summed E-state index contributed by atoms with van der Waals surface area (Å²) in [5.41, 5.74) is 0.179. The van der Waals surface area contributed by atoms with Crippen molar-refractivity contribution in [3.8, 4) is 0 Å². The van der Waals surface area contributed by atoms with E-state index in [0.717, 1.165) is 12.8 Å². The molecule has 1 heterocycles. The first kappa shape index (κ1) is 5.68. The molecule has 1 saturated carbocycles. The van der Waals surface area contributed by atoms with Crippen LogP contribution in [0.3, 0.4) is 0 Å². The van der Waals surface area contributed by atoms with Gasteiger partial charge in [0.05, 0.1) is 5.75 Å². The molecule has 2 rings (SSSR count). The van der Waals surface area contributed by atoms with E-state index in [4.69, 9.17) is 0 Å². The number of sulfonamides is 1. The molecule has 3 nitrogen and oxygen atoms in total. The zero-order chi connectivity index (χ0) is 6.54. The molecular formula is C5H9NO2S. The Bertz CT molecular complexity index is 227. The van der Waals surface area contributed by atoms with Gasteiger partial charge >= 0.3 is 0 Å². The molecular weight excluding hydrogens is 138 g/mol. The fourth-order valence-electron chi connectivity index (χ4n) is 1.27. The lowest BCUT2D eigenvalue weighted by molar-refractivity contribution is 0.592. The molecule has 2 fully saturated rings. The average molecular weight is 147 g/mol. The van der Waals surface area contributed by atoms with E-state index in [2.05, 4.69) is 4.72 Å². The van der Waals surface area contributed by atoms with Crippen LogP contribution in [0, 0.1) is 5.41 Å². The quantitative estimate of drug-likeness (QED) is 0.511. The van der Waals surface area contributed by atoms with Crippen LogP contribution in [0.15, 0.2) is 0 Å². The topological polar surface area (TPSA) is 46.2 Å². The van der Waals surface area contributed by atoms with E-state index in [9.17, 15) is 8.42 Å². The highest BCUT2D eigenvalue weighted by molar-refractivity contribution is 7.89. The molecule has 4 heteroatoms. The lowest BCUT2D eigenvalue weighted by Gasteiger charge is -1.94. The number of hydrogen-bond acceptors (Lipinski definition) is 2. The molecule has 2 aliphatic rings. The summed E-state index contributed by atoms with van der Waals surface area (Å²) in [6.45, 7) is 0.690. The summed E-state index contributed by atoms with van der Waals surface area (Å²) in [6.07, 6.45) is 2.19. The fraction of sp³-hybridized carbons (Fsp3) is 1.00. The summed E-state index contributed by atoms with van der Waals surface area (Å²) in [7, 11) is -2.84. The van der Waals surface area contributed by atoms with Crippen molar-refractivity contribution in [2.45, 2.75) is 12.8 Å². The van der Waals surface area contributed by atoms with Gasteiger partial charge in [0.1, 0.15) is 0 Å². The van der Waals surface area contributed by atoms with Crippen molar-refractivity contribution in [2.24, 2.45) is 5.41 Å². The van der Waals surface area contributed by atoms with Crippen LogP contribution in [0.5, 0.6) is 0 Å². The van der Waals surface area contributed by atoms with Crippen molar-refractivity contribution < 1.29 is 8.42 Å². The average Bonchev–Trinajstić information content (AvgIpc) is 2.36. The van der Waals surface area contributed by atoms with Gasteiger partial charge in [-0.05, 0) is 18.3 Å². The third kappa shape index (κ3) is 0.861. The maximum Gasteiger partial charge on any atom is 0.212 e. The third-order valence-corrected chi connectivity index (χ3v) is 3.70. The van der Waals surface area contributed by atoms with Gasteiger partial charge in [0.25, 0.3) is 0 Å². The van der Waals surface area contributed by atoms with Crippen LogP contribution in [0.2, 0.25) is 0 Å². The van der Waals surface area contributed by atoms with E-state index in [1.54, 1.807) is 0 Å². The van der Waals surface area contributed by atoms with Crippen molar-refractivity contribution in [1.82, 2.24) is 4.72 Å². The molecule has 0 amide bonds. The van der Waals surface area contributed by atoms with Gasteiger partial charge in [-0.3, -0.25) is 0 Å². The van der Waals surface area contributed by atoms with Crippen molar-refractivity contribution >= 4 is 10.0 Å².